The molecule has 2 atom stereocenters. The van der Waals surface area contributed by atoms with E-state index >= 15 is 0 Å². The van der Waals surface area contributed by atoms with Gasteiger partial charge in [-0.15, -0.1) is 0 Å². The smallest absolute Gasteiger partial charge is 0.133 e. The standard InChI is InChI=1S/C13H20BrNO2/c1-8(2)12(15-3)13(16)9-5-6-11(17-4)10(14)7-9/h5-8,12-13,15-16H,1-4H3. The van der Waals surface area contributed by atoms with Crippen molar-refractivity contribution >= 4 is 15.9 Å². The fraction of sp³-hybridized carbons (Fsp3) is 0.538. The molecule has 0 aliphatic rings. The van der Waals surface area contributed by atoms with E-state index in [2.05, 4.69) is 35.1 Å². The molecule has 0 spiro atoms. The number of aliphatic hydroxyl groups excluding tert-OH is 1. The molecule has 1 aromatic carbocycles. The summed E-state index contributed by atoms with van der Waals surface area (Å²) >= 11 is 3.43. The summed E-state index contributed by atoms with van der Waals surface area (Å²) in [6.45, 7) is 4.17. The van der Waals surface area contributed by atoms with Crippen LogP contribution in [0.3, 0.4) is 0 Å². The summed E-state index contributed by atoms with van der Waals surface area (Å²) in [6, 6.07) is 5.68. The SMILES string of the molecule is CNC(C(C)C)C(O)c1ccc(OC)c(Br)c1. The molecule has 0 bridgehead atoms. The van der Waals surface area contributed by atoms with Crippen LogP contribution in [-0.2, 0) is 0 Å². The summed E-state index contributed by atoms with van der Waals surface area (Å²) in [4.78, 5) is 0. The molecule has 2 unspecified atom stereocenters. The lowest BCUT2D eigenvalue weighted by molar-refractivity contribution is 0.110. The Morgan fingerprint density at radius 1 is 1.35 bits per heavy atom. The van der Waals surface area contributed by atoms with Gasteiger partial charge in [-0.2, -0.15) is 0 Å². The molecule has 4 heteroatoms. The number of nitrogens with one attached hydrogen (secondary N) is 1. The largest absolute Gasteiger partial charge is 0.496 e. The number of rotatable bonds is 5. The Bertz CT molecular complexity index is 368. The monoisotopic (exact) mass is 301 g/mol. The summed E-state index contributed by atoms with van der Waals surface area (Å²) in [5.74, 6) is 1.13. The highest BCUT2D eigenvalue weighted by atomic mass is 79.9. The summed E-state index contributed by atoms with van der Waals surface area (Å²) in [7, 11) is 3.49. The lowest BCUT2D eigenvalue weighted by Gasteiger charge is -2.26. The van der Waals surface area contributed by atoms with Crippen LogP contribution >= 0.6 is 15.9 Å². The molecule has 2 N–H and O–H groups in total. The normalized spacial score (nSPS) is 14.8. The summed E-state index contributed by atoms with van der Waals surface area (Å²) < 4.78 is 6.03. The number of halogens is 1. The average molecular weight is 302 g/mol. The zero-order chi connectivity index (χ0) is 13.0. The molecule has 0 aromatic heterocycles. The van der Waals surface area contributed by atoms with E-state index in [1.54, 1.807) is 7.11 Å². The van der Waals surface area contributed by atoms with E-state index in [9.17, 15) is 5.11 Å². The van der Waals surface area contributed by atoms with Crippen LogP contribution < -0.4 is 10.1 Å². The molecule has 0 radical (unpaired) electrons. The lowest BCUT2D eigenvalue weighted by atomic mass is 9.93. The average Bonchev–Trinajstić information content (AvgIpc) is 2.29. The van der Waals surface area contributed by atoms with Crippen LogP contribution in [0, 0.1) is 5.92 Å². The van der Waals surface area contributed by atoms with Gasteiger partial charge in [0.2, 0.25) is 0 Å². The van der Waals surface area contributed by atoms with Crippen molar-refractivity contribution in [1.82, 2.24) is 5.32 Å². The van der Waals surface area contributed by atoms with Crippen LogP contribution in [0.4, 0.5) is 0 Å². The van der Waals surface area contributed by atoms with Gasteiger partial charge < -0.3 is 15.2 Å². The molecule has 0 amide bonds. The zero-order valence-electron chi connectivity index (χ0n) is 10.7. The maximum Gasteiger partial charge on any atom is 0.133 e. The number of aliphatic hydroxyl groups is 1. The third-order valence-corrected chi connectivity index (χ3v) is 3.53. The van der Waals surface area contributed by atoms with Crippen molar-refractivity contribution in [3.8, 4) is 5.75 Å². The van der Waals surface area contributed by atoms with E-state index in [0.29, 0.717) is 5.92 Å². The lowest BCUT2D eigenvalue weighted by Crippen LogP contribution is -2.36. The quantitative estimate of drug-likeness (QED) is 0.879. The number of hydrogen-bond acceptors (Lipinski definition) is 3. The van der Waals surface area contributed by atoms with Crippen LogP contribution in [0.25, 0.3) is 0 Å². The molecule has 0 saturated carbocycles. The van der Waals surface area contributed by atoms with Crippen molar-refractivity contribution in [2.75, 3.05) is 14.2 Å². The van der Waals surface area contributed by atoms with Crippen molar-refractivity contribution < 1.29 is 9.84 Å². The van der Waals surface area contributed by atoms with Gasteiger partial charge in [-0.3, -0.25) is 0 Å². The van der Waals surface area contributed by atoms with Gasteiger partial charge in [-0.25, -0.2) is 0 Å². The first kappa shape index (κ1) is 14.5. The van der Waals surface area contributed by atoms with Crippen molar-refractivity contribution in [3.05, 3.63) is 28.2 Å². The Morgan fingerprint density at radius 3 is 2.41 bits per heavy atom. The highest BCUT2D eigenvalue weighted by molar-refractivity contribution is 9.10. The highest BCUT2D eigenvalue weighted by Crippen LogP contribution is 2.30. The topological polar surface area (TPSA) is 41.5 Å². The first-order chi connectivity index (χ1) is 8.01. The van der Waals surface area contributed by atoms with Crippen molar-refractivity contribution in [1.29, 1.82) is 0 Å². The minimum Gasteiger partial charge on any atom is -0.496 e. The van der Waals surface area contributed by atoms with E-state index < -0.39 is 6.10 Å². The Labute approximate surface area is 111 Å². The van der Waals surface area contributed by atoms with Gasteiger partial charge >= 0.3 is 0 Å². The minimum atomic E-state index is -0.526. The third-order valence-electron chi connectivity index (χ3n) is 2.91. The van der Waals surface area contributed by atoms with Crippen molar-refractivity contribution in [2.45, 2.75) is 26.0 Å². The molecule has 0 heterocycles. The molecule has 17 heavy (non-hydrogen) atoms. The van der Waals surface area contributed by atoms with E-state index in [4.69, 9.17) is 4.74 Å². The maximum absolute atomic E-state index is 10.3. The van der Waals surface area contributed by atoms with Crippen molar-refractivity contribution in [2.24, 2.45) is 5.92 Å². The molecule has 1 aromatic rings. The van der Waals surface area contributed by atoms with Gasteiger partial charge in [-0.1, -0.05) is 19.9 Å². The van der Waals surface area contributed by atoms with E-state index in [-0.39, 0.29) is 6.04 Å². The summed E-state index contributed by atoms with van der Waals surface area (Å²) in [5, 5.41) is 13.5. The van der Waals surface area contributed by atoms with Crippen molar-refractivity contribution in [3.63, 3.8) is 0 Å². The van der Waals surface area contributed by atoms with Gasteiger partial charge in [0, 0.05) is 6.04 Å². The van der Waals surface area contributed by atoms with Crippen LogP contribution in [0.15, 0.2) is 22.7 Å². The molecule has 0 aliphatic heterocycles. The predicted molar refractivity (Wildman–Crippen MR) is 73.3 cm³/mol. The Hall–Kier alpha value is -0.580. The van der Waals surface area contributed by atoms with E-state index in [1.165, 1.54) is 0 Å². The number of methoxy groups -OCH3 is 1. The molecule has 3 nitrogen and oxygen atoms in total. The second kappa shape index (κ2) is 6.38. The number of hydrogen-bond donors (Lipinski definition) is 2. The van der Waals surface area contributed by atoms with Crippen LogP contribution in [0.2, 0.25) is 0 Å². The zero-order valence-corrected chi connectivity index (χ0v) is 12.3. The van der Waals surface area contributed by atoms with E-state index in [1.807, 2.05) is 25.2 Å². The molecular weight excluding hydrogens is 282 g/mol. The Morgan fingerprint density at radius 2 is 2.00 bits per heavy atom. The van der Waals surface area contributed by atoms with Crippen LogP contribution in [0.5, 0.6) is 5.75 Å². The summed E-state index contributed by atoms with van der Waals surface area (Å²) in [6.07, 6.45) is -0.526. The number of likely N-dealkylation sites (N-methyl/N-ethyl adjacent to an activating group) is 1. The molecule has 1 rings (SSSR count). The highest BCUT2D eigenvalue weighted by Gasteiger charge is 2.22. The van der Waals surface area contributed by atoms with Crippen LogP contribution in [-0.4, -0.2) is 25.3 Å². The van der Waals surface area contributed by atoms with Gasteiger partial charge in [0.05, 0.1) is 17.7 Å². The summed E-state index contributed by atoms with van der Waals surface area (Å²) in [5.41, 5.74) is 0.880. The molecular formula is C13H20BrNO2. The van der Waals surface area contributed by atoms with Gasteiger partial charge in [0.15, 0.2) is 0 Å². The van der Waals surface area contributed by atoms with Gasteiger partial charge in [-0.05, 0) is 46.6 Å². The molecule has 0 saturated heterocycles. The Kier molecular flexibility index (Phi) is 5.43. The molecule has 0 aliphatic carbocycles. The third kappa shape index (κ3) is 3.44. The minimum absolute atomic E-state index is 0.0373. The Balaban J connectivity index is 2.95. The van der Waals surface area contributed by atoms with Gasteiger partial charge in [0.1, 0.15) is 5.75 Å². The molecule has 0 fully saturated rings. The predicted octanol–water partition coefficient (Wildman–Crippen LogP) is 2.74. The first-order valence-electron chi connectivity index (χ1n) is 5.70. The molecule has 96 valence electrons. The maximum atomic E-state index is 10.3. The van der Waals surface area contributed by atoms with Gasteiger partial charge in [0.25, 0.3) is 0 Å². The first-order valence-corrected chi connectivity index (χ1v) is 6.49. The number of benzene rings is 1. The van der Waals surface area contributed by atoms with E-state index in [0.717, 1.165) is 15.8 Å². The second-order valence-electron chi connectivity index (χ2n) is 4.40. The fourth-order valence-corrected chi connectivity index (χ4v) is 2.49. The van der Waals surface area contributed by atoms with Crippen LogP contribution in [0.1, 0.15) is 25.5 Å². The second-order valence-corrected chi connectivity index (χ2v) is 5.25. The number of ether oxygens (including phenoxy) is 1. The fourth-order valence-electron chi connectivity index (χ4n) is 1.93.